The Balaban J connectivity index is 1.73. The molecule has 5 nitrogen and oxygen atoms in total. The predicted octanol–water partition coefficient (Wildman–Crippen LogP) is 2.55. The first-order valence-electron chi connectivity index (χ1n) is 8.08. The summed E-state index contributed by atoms with van der Waals surface area (Å²) in [5, 5.41) is 3.03. The molecule has 2 heterocycles. The Hall–Kier alpha value is -2.02. The molecule has 6 heteroatoms. The van der Waals surface area contributed by atoms with Crippen LogP contribution in [0.25, 0.3) is 0 Å². The van der Waals surface area contributed by atoms with Crippen molar-refractivity contribution in [2.75, 3.05) is 32.8 Å². The van der Waals surface area contributed by atoms with Crippen molar-refractivity contribution in [3.05, 3.63) is 64.4 Å². The summed E-state index contributed by atoms with van der Waals surface area (Å²) in [5.41, 5.74) is 1.69. The molecule has 24 heavy (non-hydrogen) atoms. The summed E-state index contributed by atoms with van der Waals surface area (Å²) in [6, 6.07) is 13.9. The van der Waals surface area contributed by atoms with Gasteiger partial charge in [0.15, 0.2) is 0 Å². The van der Waals surface area contributed by atoms with Crippen molar-refractivity contribution in [3.8, 4) is 0 Å². The second kappa shape index (κ2) is 8.19. The fourth-order valence-corrected chi connectivity index (χ4v) is 3.14. The third-order valence-corrected chi connectivity index (χ3v) is 4.53. The van der Waals surface area contributed by atoms with Gasteiger partial charge in [0.1, 0.15) is 4.64 Å². The van der Waals surface area contributed by atoms with E-state index in [-0.39, 0.29) is 11.9 Å². The lowest BCUT2D eigenvalue weighted by Gasteiger charge is -2.34. The summed E-state index contributed by atoms with van der Waals surface area (Å²) in [5.74, 6) is -0.147. The molecule has 0 saturated carbocycles. The van der Waals surface area contributed by atoms with Crippen LogP contribution in [0.2, 0.25) is 0 Å². The van der Waals surface area contributed by atoms with Gasteiger partial charge in [-0.25, -0.2) is 0 Å². The maximum absolute atomic E-state index is 12.4. The van der Waals surface area contributed by atoms with Crippen LogP contribution >= 0.6 is 12.2 Å². The number of ether oxygens (including phenoxy) is 1. The first kappa shape index (κ1) is 16.8. The fraction of sp³-hybridized carbons (Fsp3) is 0.333. The van der Waals surface area contributed by atoms with Crippen molar-refractivity contribution in [2.45, 2.75) is 6.04 Å². The minimum atomic E-state index is -0.147. The molecule has 3 rings (SSSR count). The van der Waals surface area contributed by atoms with Gasteiger partial charge in [-0.2, -0.15) is 0 Å². The van der Waals surface area contributed by atoms with Gasteiger partial charge in [-0.05, 0) is 17.7 Å². The topological polar surface area (TPSA) is 57.4 Å². The third-order valence-electron chi connectivity index (χ3n) is 4.19. The average molecular weight is 343 g/mol. The molecule has 1 aromatic heterocycles. The molecule has 1 fully saturated rings. The van der Waals surface area contributed by atoms with Gasteiger partial charge in [-0.3, -0.25) is 9.69 Å². The van der Waals surface area contributed by atoms with Crippen LogP contribution in [0.4, 0.5) is 0 Å². The Kier molecular flexibility index (Phi) is 5.74. The average Bonchev–Trinajstić information content (AvgIpc) is 2.64. The van der Waals surface area contributed by atoms with Crippen molar-refractivity contribution in [1.29, 1.82) is 0 Å². The van der Waals surface area contributed by atoms with Gasteiger partial charge >= 0.3 is 0 Å². The zero-order valence-electron chi connectivity index (χ0n) is 13.4. The van der Waals surface area contributed by atoms with Gasteiger partial charge in [0, 0.05) is 25.8 Å². The first-order valence-corrected chi connectivity index (χ1v) is 8.49. The highest BCUT2D eigenvalue weighted by Gasteiger charge is 2.23. The molecule has 2 N–H and O–H groups in total. The number of nitrogens with one attached hydrogen (secondary N) is 2. The zero-order valence-corrected chi connectivity index (χ0v) is 14.2. The SMILES string of the molecule is O=C(NCC(c1ccccc1)N1CCOCC1)c1ccc[nH]c1=S. The number of morpholine rings is 1. The van der Waals surface area contributed by atoms with E-state index in [0.29, 0.717) is 16.7 Å². The Labute approximate surface area is 146 Å². The number of nitrogens with zero attached hydrogens (tertiary/aromatic N) is 1. The molecule has 126 valence electrons. The summed E-state index contributed by atoms with van der Waals surface area (Å²) in [6.07, 6.45) is 1.72. The molecule has 0 radical (unpaired) electrons. The summed E-state index contributed by atoms with van der Waals surface area (Å²) in [7, 11) is 0. The van der Waals surface area contributed by atoms with E-state index in [1.54, 1.807) is 18.3 Å². The standard InChI is InChI=1S/C18H21N3O2S/c22-17(15-7-4-8-19-18(15)24)20-13-16(14-5-2-1-3-6-14)21-9-11-23-12-10-21/h1-8,16H,9-13H2,(H,19,24)(H,20,22). The second-order valence-electron chi connectivity index (χ2n) is 5.70. The molecule has 1 aromatic carbocycles. The van der Waals surface area contributed by atoms with E-state index >= 15 is 0 Å². The van der Waals surface area contributed by atoms with Crippen LogP contribution in [0.5, 0.6) is 0 Å². The number of carbonyl (C=O) groups excluding carboxylic acids is 1. The van der Waals surface area contributed by atoms with E-state index in [4.69, 9.17) is 17.0 Å². The molecule has 1 aliphatic heterocycles. The number of amides is 1. The van der Waals surface area contributed by atoms with Gasteiger partial charge in [-0.15, -0.1) is 0 Å². The lowest BCUT2D eigenvalue weighted by atomic mass is 10.0. The Morgan fingerprint density at radius 3 is 2.67 bits per heavy atom. The molecule has 1 aliphatic rings. The van der Waals surface area contributed by atoms with Crippen molar-refractivity contribution >= 4 is 18.1 Å². The number of H-pyrrole nitrogens is 1. The summed E-state index contributed by atoms with van der Waals surface area (Å²) in [4.78, 5) is 17.7. The summed E-state index contributed by atoms with van der Waals surface area (Å²) < 4.78 is 5.91. The maximum atomic E-state index is 12.4. The molecule has 0 aliphatic carbocycles. The first-order chi connectivity index (χ1) is 11.8. The fourth-order valence-electron chi connectivity index (χ4n) is 2.91. The minimum Gasteiger partial charge on any atom is -0.379 e. The van der Waals surface area contributed by atoms with Gasteiger partial charge in [-0.1, -0.05) is 42.5 Å². The molecular formula is C18H21N3O2S. The van der Waals surface area contributed by atoms with Crippen LogP contribution in [-0.4, -0.2) is 48.6 Å². The minimum absolute atomic E-state index is 0.125. The van der Waals surface area contributed by atoms with Crippen LogP contribution in [0.3, 0.4) is 0 Å². The summed E-state index contributed by atoms with van der Waals surface area (Å²) >= 11 is 5.18. The van der Waals surface area contributed by atoms with Crippen molar-refractivity contribution in [2.24, 2.45) is 0 Å². The van der Waals surface area contributed by atoms with Gasteiger partial charge in [0.2, 0.25) is 0 Å². The van der Waals surface area contributed by atoms with E-state index in [2.05, 4.69) is 27.3 Å². The molecule has 1 saturated heterocycles. The zero-order chi connectivity index (χ0) is 16.8. The molecule has 0 spiro atoms. The van der Waals surface area contributed by atoms with Gasteiger partial charge < -0.3 is 15.0 Å². The maximum Gasteiger partial charge on any atom is 0.254 e. The number of rotatable bonds is 5. The van der Waals surface area contributed by atoms with Gasteiger partial charge in [0.05, 0.1) is 24.8 Å². The van der Waals surface area contributed by atoms with Crippen LogP contribution < -0.4 is 5.32 Å². The largest absolute Gasteiger partial charge is 0.379 e. The van der Waals surface area contributed by atoms with Crippen LogP contribution in [-0.2, 0) is 4.74 Å². The number of carbonyl (C=O) groups is 1. The van der Waals surface area contributed by atoms with Crippen LogP contribution in [0.15, 0.2) is 48.7 Å². The Morgan fingerprint density at radius 1 is 1.21 bits per heavy atom. The van der Waals surface area contributed by atoms with Crippen molar-refractivity contribution < 1.29 is 9.53 Å². The number of aromatic amines is 1. The van der Waals surface area contributed by atoms with E-state index in [1.165, 1.54) is 5.56 Å². The normalized spacial score (nSPS) is 16.5. The van der Waals surface area contributed by atoms with Crippen molar-refractivity contribution in [1.82, 2.24) is 15.2 Å². The highest BCUT2D eigenvalue weighted by molar-refractivity contribution is 7.71. The van der Waals surface area contributed by atoms with E-state index in [0.717, 1.165) is 26.3 Å². The van der Waals surface area contributed by atoms with Crippen LogP contribution in [0.1, 0.15) is 22.0 Å². The monoisotopic (exact) mass is 343 g/mol. The summed E-state index contributed by atoms with van der Waals surface area (Å²) in [6.45, 7) is 3.71. The quantitative estimate of drug-likeness (QED) is 0.819. The smallest absolute Gasteiger partial charge is 0.254 e. The Morgan fingerprint density at radius 2 is 1.96 bits per heavy atom. The van der Waals surface area contributed by atoms with Crippen LogP contribution in [0, 0.1) is 4.64 Å². The van der Waals surface area contributed by atoms with Gasteiger partial charge in [0.25, 0.3) is 5.91 Å². The van der Waals surface area contributed by atoms with E-state index in [9.17, 15) is 4.79 Å². The second-order valence-corrected chi connectivity index (χ2v) is 6.11. The third kappa shape index (κ3) is 4.08. The lowest BCUT2D eigenvalue weighted by molar-refractivity contribution is 0.0162. The van der Waals surface area contributed by atoms with Crippen molar-refractivity contribution in [3.63, 3.8) is 0 Å². The number of benzene rings is 1. The molecule has 1 atom stereocenters. The molecule has 0 bridgehead atoms. The highest BCUT2D eigenvalue weighted by atomic mass is 32.1. The number of hydrogen-bond acceptors (Lipinski definition) is 4. The molecule has 2 aromatic rings. The number of aromatic nitrogens is 1. The van der Waals surface area contributed by atoms with E-state index < -0.39 is 0 Å². The number of hydrogen-bond donors (Lipinski definition) is 2. The highest BCUT2D eigenvalue weighted by Crippen LogP contribution is 2.21. The molecular weight excluding hydrogens is 322 g/mol. The number of pyridine rings is 1. The predicted molar refractivity (Wildman–Crippen MR) is 95.5 cm³/mol. The van der Waals surface area contributed by atoms with E-state index in [1.807, 2.05) is 18.2 Å². The Bertz CT molecular complexity index is 726. The molecule has 1 unspecified atom stereocenters. The molecule has 1 amide bonds. The lowest BCUT2D eigenvalue weighted by Crippen LogP contribution is -2.43.